The predicted molar refractivity (Wildman–Crippen MR) is 136 cm³/mol. The minimum absolute atomic E-state index is 0.642. The van der Waals surface area contributed by atoms with E-state index in [9.17, 15) is 0 Å². The summed E-state index contributed by atoms with van der Waals surface area (Å²) in [5.41, 5.74) is 0. The van der Waals surface area contributed by atoms with Crippen molar-refractivity contribution in [2.75, 3.05) is 13.1 Å². The Morgan fingerprint density at radius 2 is 0.767 bits per heavy atom. The minimum Gasteiger partial charge on any atom is -0.356 e. The topological polar surface area (TPSA) is 6.48 Å². The van der Waals surface area contributed by atoms with Crippen molar-refractivity contribution >= 4 is 0 Å². The summed E-state index contributed by atoms with van der Waals surface area (Å²) in [4.78, 5) is 5.31. The maximum Gasteiger partial charge on any atom is 0.101 e. The van der Waals surface area contributed by atoms with Gasteiger partial charge in [-0.25, -0.2) is 0 Å². The molecule has 0 saturated carbocycles. The Morgan fingerprint density at radius 1 is 0.433 bits per heavy atom. The van der Waals surface area contributed by atoms with Gasteiger partial charge in [-0.05, 0) is 25.7 Å². The highest BCUT2D eigenvalue weighted by Crippen LogP contribution is 2.23. The van der Waals surface area contributed by atoms with Crippen molar-refractivity contribution in [2.24, 2.45) is 0 Å². The molecule has 0 aromatic carbocycles. The fraction of sp³-hybridized carbons (Fsp3) is 0.929. The van der Waals surface area contributed by atoms with Crippen LogP contribution >= 0.6 is 0 Å². The summed E-state index contributed by atoms with van der Waals surface area (Å²) in [5.74, 6) is 0. The molecule has 0 bridgehead atoms. The van der Waals surface area contributed by atoms with E-state index in [2.05, 4.69) is 43.0 Å². The fourth-order valence-corrected chi connectivity index (χ4v) is 4.76. The Balaban J connectivity index is 2.13. The minimum atomic E-state index is 0.642. The van der Waals surface area contributed by atoms with Gasteiger partial charge in [0.05, 0.1) is 0 Å². The largest absolute Gasteiger partial charge is 0.356 e. The average Bonchev–Trinajstić information content (AvgIpc) is 3.14. The summed E-state index contributed by atoms with van der Waals surface area (Å²) >= 11 is 0. The molecule has 0 saturated heterocycles. The molecular formula is C28H56N2. The maximum atomic E-state index is 2.65. The molecule has 1 rings (SSSR count). The monoisotopic (exact) mass is 420 g/mol. The number of hydrogen-bond donors (Lipinski definition) is 0. The lowest BCUT2D eigenvalue weighted by Gasteiger charge is -2.33. The van der Waals surface area contributed by atoms with Gasteiger partial charge >= 0.3 is 0 Å². The molecule has 1 unspecified atom stereocenters. The van der Waals surface area contributed by atoms with Crippen molar-refractivity contribution < 1.29 is 0 Å². The van der Waals surface area contributed by atoms with E-state index in [0.29, 0.717) is 6.17 Å². The molecule has 1 atom stereocenters. The molecule has 0 radical (unpaired) electrons. The Labute approximate surface area is 190 Å². The summed E-state index contributed by atoms with van der Waals surface area (Å²) in [6.45, 7) is 9.45. The molecule has 178 valence electrons. The first-order chi connectivity index (χ1) is 14.8. The summed E-state index contributed by atoms with van der Waals surface area (Å²) < 4.78 is 0. The normalized spacial score (nSPS) is 16.2. The molecule has 2 nitrogen and oxygen atoms in total. The van der Waals surface area contributed by atoms with Crippen LogP contribution in [0.25, 0.3) is 0 Å². The van der Waals surface area contributed by atoms with E-state index < -0.39 is 0 Å². The Morgan fingerprint density at radius 3 is 1.13 bits per heavy atom. The second kappa shape index (κ2) is 20.3. The number of unbranched alkanes of at least 4 members (excludes halogenated alkanes) is 16. The van der Waals surface area contributed by atoms with Crippen LogP contribution in [0.4, 0.5) is 0 Å². The van der Waals surface area contributed by atoms with Crippen LogP contribution in [0.2, 0.25) is 0 Å². The number of rotatable bonds is 22. The van der Waals surface area contributed by atoms with Gasteiger partial charge in [-0.3, -0.25) is 0 Å². The van der Waals surface area contributed by atoms with E-state index in [1.54, 1.807) is 0 Å². The first-order valence-electron chi connectivity index (χ1n) is 14.0. The molecule has 1 aliphatic heterocycles. The van der Waals surface area contributed by atoms with E-state index in [0.717, 1.165) is 0 Å². The van der Waals surface area contributed by atoms with Gasteiger partial charge in [0.25, 0.3) is 0 Å². The summed E-state index contributed by atoms with van der Waals surface area (Å²) in [6.07, 6.45) is 33.6. The van der Waals surface area contributed by atoms with Crippen molar-refractivity contribution in [1.29, 1.82) is 0 Å². The quantitative estimate of drug-likeness (QED) is 0.161. The molecule has 1 aliphatic rings. The van der Waals surface area contributed by atoms with E-state index >= 15 is 0 Å². The van der Waals surface area contributed by atoms with Crippen molar-refractivity contribution in [2.45, 2.75) is 155 Å². The summed E-state index contributed by atoms with van der Waals surface area (Å²) in [7, 11) is 0. The van der Waals surface area contributed by atoms with Crippen molar-refractivity contribution in [3.63, 3.8) is 0 Å². The predicted octanol–water partition coefficient (Wildman–Crippen LogP) is 9.26. The zero-order valence-electron chi connectivity index (χ0n) is 21.2. The number of hydrogen-bond acceptors (Lipinski definition) is 2. The second-order valence-corrected chi connectivity index (χ2v) is 9.70. The van der Waals surface area contributed by atoms with Gasteiger partial charge in [0.1, 0.15) is 6.17 Å². The Kier molecular flexibility index (Phi) is 18.5. The maximum absolute atomic E-state index is 2.65. The smallest absolute Gasteiger partial charge is 0.101 e. The standard InChI is InChI=1S/C28H56N2/c1-4-7-10-12-14-15-16-18-20-22-25-30-27-26-29(28(30)23-9-6-3)24-21-19-17-13-11-8-5-2/h26-28H,4-25H2,1-3H3. The zero-order valence-corrected chi connectivity index (χ0v) is 21.2. The number of nitrogens with zero attached hydrogens (tertiary/aromatic N) is 2. The van der Waals surface area contributed by atoms with Crippen molar-refractivity contribution in [3.8, 4) is 0 Å². The van der Waals surface area contributed by atoms with Crippen LogP contribution in [0.15, 0.2) is 12.4 Å². The van der Waals surface area contributed by atoms with Crippen LogP contribution in [0.5, 0.6) is 0 Å². The van der Waals surface area contributed by atoms with Crippen LogP contribution in [0.1, 0.15) is 149 Å². The molecular weight excluding hydrogens is 364 g/mol. The van der Waals surface area contributed by atoms with E-state index in [-0.39, 0.29) is 0 Å². The molecule has 0 spiro atoms. The third-order valence-corrected chi connectivity index (χ3v) is 6.82. The van der Waals surface area contributed by atoms with Gasteiger partial charge in [0, 0.05) is 25.5 Å². The molecule has 0 amide bonds. The highest BCUT2D eigenvalue weighted by molar-refractivity contribution is 4.96. The second-order valence-electron chi connectivity index (χ2n) is 9.70. The first kappa shape index (κ1) is 27.4. The van der Waals surface area contributed by atoms with Gasteiger partial charge < -0.3 is 9.80 Å². The lowest BCUT2D eigenvalue weighted by molar-refractivity contribution is 0.136. The van der Waals surface area contributed by atoms with Crippen LogP contribution in [-0.4, -0.2) is 29.1 Å². The third kappa shape index (κ3) is 13.6. The fourth-order valence-electron chi connectivity index (χ4n) is 4.76. The molecule has 1 heterocycles. The average molecular weight is 421 g/mol. The zero-order chi connectivity index (χ0) is 21.7. The molecule has 2 heteroatoms. The summed E-state index contributed by atoms with van der Waals surface area (Å²) in [5, 5.41) is 0. The van der Waals surface area contributed by atoms with E-state index in [4.69, 9.17) is 0 Å². The SMILES string of the molecule is CCCCCCCCCCCCN1C=CN(CCCCCCCCC)C1CCCC. The van der Waals surface area contributed by atoms with Crippen molar-refractivity contribution in [3.05, 3.63) is 12.4 Å². The Hall–Kier alpha value is -0.660. The van der Waals surface area contributed by atoms with Crippen LogP contribution in [-0.2, 0) is 0 Å². The molecule has 0 N–H and O–H groups in total. The molecule has 0 aliphatic carbocycles. The molecule has 30 heavy (non-hydrogen) atoms. The van der Waals surface area contributed by atoms with Gasteiger partial charge in [0.2, 0.25) is 0 Å². The van der Waals surface area contributed by atoms with Gasteiger partial charge in [0.15, 0.2) is 0 Å². The first-order valence-corrected chi connectivity index (χ1v) is 14.0. The van der Waals surface area contributed by atoms with Crippen LogP contribution < -0.4 is 0 Å². The molecule has 0 fully saturated rings. The lowest BCUT2D eigenvalue weighted by Crippen LogP contribution is -2.39. The van der Waals surface area contributed by atoms with E-state index in [1.165, 1.54) is 142 Å². The van der Waals surface area contributed by atoms with Crippen LogP contribution in [0.3, 0.4) is 0 Å². The van der Waals surface area contributed by atoms with Gasteiger partial charge in [-0.15, -0.1) is 0 Å². The third-order valence-electron chi connectivity index (χ3n) is 6.82. The van der Waals surface area contributed by atoms with Gasteiger partial charge in [-0.1, -0.05) is 124 Å². The summed E-state index contributed by atoms with van der Waals surface area (Å²) in [6, 6.07) is 0. The highest BCUT2D eigenvalue weighted by atomic mass is 15.4. The van der Waals surface area contributed by atoms with Crippen molar-refractivity contribution in [1.82, 2.24) is 9.80 Å². The van der Waals surface area contributed by atoms with Gasteiger partial charge in [-0.2, -0.15) is 0 Å². The van der Waals surface area contributed by atoms with Crippen LogP contribution in [0, 0.1) is 0 Å². The highest BCUT2D eigenvalue weighted by Gasteiger charge is 2.24. The van der Waals surface area contributed by atoms with E-state index in [1.807, 2.05) is 0 Å². The lowest BCUT2D eigenvalue weighted by atomic mass is 10.1. The molecule has 0 aromatic rings. The Bertz CT molecular complexity index is 379. The molecule has 0 aromatic heterocycles.